The lowest BCUT2D eigenvalue weighted by atomic mass is 9.61. The molecule has 0 amide bonds. The van der Waals surface area contributed by atoms with Crippen molar-refractivity contribution in [3.8, 4) is 0 Å². The Labute approximate surface area is 122 Å². The standard InChI is InChI=1S/C17H25ClO/c1-11-7-8-13(10-14(11)18)16(19)15-12(2)6-5-9-17(15,3)4/h7-8,10,12,15-16,19H,5-6,9H2,1-4H3/t12-,15+,16?/m0/s1. The van der Waals surface area contributed by atoms with E-state index in [9.17, 15) is 5.11 Å². The SMILES string of the molecule is Cc1ccc(C(O)[C@H]2[C@@H](C)CCCC2(C)C)cc1Cl. The van der Waals surface area contributed by atoms with Crippen LogP contribution in [0.1, 0.15) is 57.3 Å². The fourth-order valence-electron chi connectivity index (χ4n) is 3.74. The summed E-state index contributed by atoms with van der Waals surface area (Å²) in [6.07, 6.45) is 3.26. The minimum atomic E-state index is -0.414. The summed E-state index contributed by atoms with van der Waals surface area (Å²) in [5, 5.41) is 11.6. The predicted molar refractivity (Wildman–Crippen MR) is 81.4 cm³/mol. The first-order valence-electron chi connectivity index (χ1n) is 7.27. The summed E-state index contributed by atoms with van der Waals surface area (Å²) in [6, 6.07) is 5.95. The summed E-state index contributed by atoms with van der Waals surface area (Å²) in [7, 11) is 0. The van der Waals surface area contributed by atoms with Crippen molar-refractivity contribution in [3.05, 3.63) is 34.3 Å². The molecule has 1 N–H and O–H groups in total. The van der Waals surface area contributed by atoms with Crippen LogP contribution in [0.15, 0.2) is 18.2 Å². The molecule has 1 aromatic carbocycles. The van der Waals surface area contributed by atoms with Gasteiger partial charge in [0.2, 0.25) is 0 Å². The molecule has 0 saturated heterocycles. The van der Waals surface area contributed by atoms with Crippen LogP contribution in [0.2, 0.25) is 5.02 Å². The molecule has 1 unspecified atom stereocenters. The molecule has 0 radical (unpaired) electrons. The zero-order valence-electron chi connectivity index (χ0n) is 12.4. The summed E-state index contributed by atoms with van der Waals surface area (Å²) in [4.78, 5) is 0. The summed E-state index contributed by atoms with van der Waals surface area (Å²) in [5.74, 6) is 0.860. The van der Waals surface area contributed by atoms with Crippen LogP contribution >= 0.6 is 11.6 Å². The molecule has 3 atom stereocenters. The van der Waals surface area contributed by atoms with Crippen molar-refractivity contribution in [3.63, 3.8) is 0 Å². The van der Waals surface area contributed by atoms with Gasteiger partial charge in [-0.25, -0.2) is 0 Å². The average Bonchev–Trinajstić information content (AvgIpc) is 2.31. The zero-order valence-corrected chi connectivity index (χ0v) is 13.2. The molecule has 2 rings (SSSR count). The van der Waals surface area contributed by atoms with Crippen LogP contribution in [-0.4, -0.2) is 5.11 Å². The molecule has 2 heteroatoms. The maximum atomic E-state index is 10.8. The average molecular weight is 281 g/mol. The van der Waals surface area contributed by atoms with E-state index in [4.69, 9.17) is 11.6 Å². The smallest absolute Gasteiger partial charge is 0.0826 e. The molecule has 1 aliphatic rings. The van der Waals surface area contributed by atoms with Gasteiger partial charge in [-0.3, -0.25) is 0 Å². The van der Waals surface area contributed by atoms with E-state index in [1.165, 1.54) is 19.3 Å². The number of aryl methyl sites for hydroxylation is 1. The molecule has 0 spiro atoms. The molecular weight excluding hydrogens is 256 g/mol. The number of benzene rings is 1. The van der Waals surface area contributed by atoms with Gasteiger partial charge in [0.1, 0.15) is 0 Å². The Morgan fingerprint density at radius 2 is 2.05 bits per heavy atom. The van der Waals surface area contributed by atoms with Gasteiger partial charge in [0.25, 0.3) is 0 Å². The van der Waals surface area contributed by atoms with Gasteiger partial charge in [-0.2, -0.15) is 0 Å². The Morgan fingerprint density at radius 3 is 2.63 bits per heavy atom. The van der Waals surface area contributed by atoms with E-state index in [1.807, 2.05) is 25.1 Å². The summed E-state index contributed by atoms with van der Waals surface area (Å²) >= 11 is 6.19. The first-order chi connectivity index (χ1) is 8.83. The lowest BCUT2D eigenvalue weighted by molar-refractivity contribution is -0.0292. The van der Waals surface area contributed by atoms with Crippen LogP contribution in [0.25, 0.3) is 0 Å². The van der Waals surface area contributed by atoms with Gasteiger partial charge in [-0.15, -0.1) is 0 Å². The molecule has 0 aliphatic heterocycles. The second-order valence-electron chi connectivity index (χ2n) is 6.84. The van der Waals surface area contributed by atoms with Crippen molar-refractivity contribution in [1.29, 1.82) is 0 Å². The van der Waals surface area contributed by atoms with Crippen LogP contribution in [0.4, 0.5) is 0 Å². The maximum absolute atomic E-state index is 10.8. The summed E-state index contributed by atoms with van der Waals surface area (Å²) < 4.78 is 0. The van der Waals surface area contributed by atoms with Crippen LogP contribution < -0.4 is 0 Å². The minimum Gasteiger partial charge on any atom is -0.388 e. The van der Waals surface area contributed by atoms with Gasteiger partial charge < -0.3 is 5.11 Å². The highest BCUT2D eigenvalue weighted by molar-refractivity contribution is 6.31. The van der Waals surface area contributed by atoms with Crippen molar-refractivity contribution < 1.29 is 5.11 Å². The lowest BCUT2D eigenvalue weighted by Crippen LogP contribution is -2.37. The molecule has 0 bridgehead atoms. The molecule has 1 fully saturated rings. The fraction of sp³-hybridized carbons (Fsp3) is 0.647. The molecule has 1 aromatic rings. The lowest BCUT2D eigenvalue weighted by Gasteiger charge is -2.45. The molecule has 19 heavy (non-hydrogen) atoms. The summed E-state index contributed by atoms with van der Waals surface area (Å²) in [5.41, 5.74) is 2.21. The maximum Gasteiger partial charge on any atom is 0.0826 e. The van der Waals surface area contributed by atoms with E-state index in [2.05, 4.69) is 20.8 Å². The van der Waals surface area contributed by atoms with E-state index >= 15 is 0 Å². The van der Waals surface area contributed by atoms with E-state index in [1.54, 1.807) is 0 Å². The van der Waals surface area contributed by atoms with E-state index in [0.29, 0.717) is 11.8 Å². The number of rotatable bonds is 2. The van der Waals surface area contributed by atoms with Gasteiger partial charge in [-0.05, 0) is 47.8 Å². The van der Waals surface area contributed by atoms with Crippen molar-refractivity contribution in [2.45, 2.75) is 53.1 Å². The third-order valence-electron chi connectivity index (χ3n) is 4.87. The van der Waals surface area contributed by atoms with Crippen LogP contribution in [0.3, 0.4) is 0 Å². The van der Waals surface area contributed by atoms with Crippen molar-refractivity contribution in [1.82, 2.24) is 0 Å². The van der Waals surface area contributed by atoms with Crippen LogP contribution in [-0.2, 0) is 0 Å². The number of hydrogen-bond acceptors (Lipinski definition) is 1. The van der Waals surface area contributed by atoms with Crippen molar-refractivity contribution in [2.24, 2.45) is 17.3 Å². The first-order valence-corrected chi connectivity index (χ1v) is 7.65. The predicted octanol–water partition coefficient (Wildman–Crippen LogP) is 5.14. The van der Waals surface area contributed by atoms with E-state index in [0.717, 1.165) is 16.1 Å². The van der Waals surface area contributed by atoms with Gasteiger partial charge in [0.15, 0.2) is 0 Å². The number of halogens is 1. The highest BCUT2D eigenvalue weighted by atomic mass is 35.5. The second-order valence-corrected chi connectivity index (χ2v) is 7.24. The van der Waals surface area contributed by atoms with Crippen LogP contribution in [0.5, 0.6) is 0 Å². The largest absolute Gasteiger partial charge is 0.388 e. The molecule has 0 aromatic heterocycles. The second kappa shape index (κ2) is 5.46. The molecule has 106 valence electrons. The Kier molecular flexibility index (Phi) is 4.27. The van der Waals surface area contributed by atoms with Gasteiger partial charge in [-0.1, -0.05) is 57.3 Å². The highest BCUT2D eigenvalue weighted by Gasteiger charge is 2.41. The van der Waals surface area contributed by atoms with Gasteiger partial charge in [0, 0.05) is 5.02 Å². The number of aliphatic hydroxyl groups is 1. The van der Waals surface area contributed by atoms with E-state index < -0.39 is 6.10 Å². The molecule has 1 nitrogen and oxygen atoms in total. The normalized spacial score (nSPS) is 28.1. The third kappa shape index (κ3) is 2.98. The van der Waals surface area contributed by atoms with Gasteiger partial charge >= 0.3 is 0 Å². The fourth-order valence-corrected chi connectivity index (χ4v) is 3.92. The minimum absolute atomic E-state index is 0.189. The topological polar surface area (TPSA) is 20.2 Å². The van der Waals surface area contributed by atoms with Crippen molar-refractivity contribution >= 4 is 11.6 Å². The Bertz CT molecular complexity index is 453. The number of aliphatic hydroxyl groups excluding tert-OH is 1. The Balaban J connectivity index is 2.30. The molecular formula is C17H25ClO. The number of hydrogen-bond donors (Lipinski definition) is 1. The summed E-state index contributed by atoms with van der Waals surface area (Å²) in [6.45, 7) is 8.83. The monoisotopic (exact) mass is 280 g/mol. The third-order valence-corrected chi connectivity index (χ3v) is 5.28. The molecule has 1 aliphatic carbocycles. The zero-order chi connectivity index (χ0) is 14.2. The van der Waals surface area contributed by atoms with Gasteiger partial charge in [0.05, 0.1) is 6.10 Å². The van der Waals surface area contributed by atoms with E-state index in [-0.39, 0.29) is 5.41 Å². The molecule has 0 heterocycles. The molecule has 1 saturated carbocycles. The van der Waals surface area contributed by atoms with Crippen molar-refractivity contribution in [2.75, 3.05) is 0 Å². The Morgan fingerprint density at radius 1 is 1.37 bits per heavy atom. The van der Waals surface area contributed by atoms with Crippen LogP contribution in [0, 0.1) is 24.2 Å². The highest BCUT2D eigenvalue weighted by Crippen LogP contribution is 2.49. The quantitative estimate of drug-likeness (QED) is 0.795. The first kappa shape index (κ1) is 14.9. The Hall–Kier alpha value is -0.530.